The number of rotatable bonds is 8. The third-order valence-electron chi connectivity index (χ3n) is 3.83. The van der Waals surface area contributed by atoms with Gasteiger partial charge in [-0.05, 0) is 37.0 Å². The molecule has 0 radical (unpaired) electrons. The minimum atomic E-state index is 0.218. The molecule has 0 spiro atoms. The first kappa shape index (κ1) is 15.2. The largest absolute Gasteiger partial charge is 0.324 e. The van der Waals surface area contributed by atoms with E-state index in [1.54, 1.807) is 0 Å². The van der Waals surface area contributed by atoms with E-state index in [1.807, 2.05) is 0 Å². The van der Waals surface area contributed by atoms with Crippen LogP contribution in [0, 0.1) is 13.8 Å². The lowest BCUT2D eigenvalue weighted by Crippen LogP contribution is -2.10. The molecule has 0 aliphatic rings. The Morgan fingerprint density at radius 2 is 1.61 bits per heavy atom. The summed E-state index contributed by atoms with van der Waals surface area (Å²) in [6.45, 7) is 6.57. The van der Waals surface area contributed by atoms with Crippen molar-refractivity contribution < 1.29 is 0 Å². The lowest BCUT2D eigenvalue weighted by molar-refractivity contribution is 0.547. The Labute approximate surface area is 113 Å². The van der Waals surface area contributed by atoms with E-state index in [2.05, 4.69) is 39.0 Å². The first-order valence-electron chi connectivity index (χ1n) is 7.48. The van der Waals surface area contributed by atoms with Crippen molar-refractivity contribution in [3.05, 3.63) is 34.9 Å². The van der Waals surface area contributed by atoms with Gasteiger partial charge in [-0.25, -0.2) is 0 Å². The summed E-state index contributed by atoms with van der Waals surface area (Å²) in [6.07, 6.45) is 9.17. The standard InChI is InChI=1S/C17H29N/c1-4-5-6-7-8-9-10-17(18)16-12-11-14(2)15(3)13-16/h11-13,17H,4-10,18H2,1-3H3. The van der Waals surface area contributed by atoms with E-state index < -0.39 is 0 Å². The van der Waals surface area contributed by atoms with Crippen LogP contribution < -0.4 is 5.73 Å². The minimum Gasteiger partial charge on any atom is -0.324 e. The highest BCUT2D eigenvalue weighted by atomic mass is 14.6. The Hall–Kier alpha value is -0.820. The maximum Gasteiger partial charge on any atom is 0.0294 e. The molecule has 102 valence electrons. The molecule has 0 aromatic heterocycles. The molecule has 0 amide bonds. The lowest BCUT2D eigenvalue weighted by Gasteiger charge is -2.13. The summed E-state index contributed by atoms with van der Waals surface area (Å²) in [5.41, 5.74) is 10.3. The monoisotopic (exact) mass is 247 g/mol. The summed E-state index contributed by atoms with van der Waals surface area (Å²) in [5, 5.41) is 0. The van der Waals surface area contributed by atoms with Crippen molar-refractivity contribution in [3.63, 3.8) is 0 Å². The van der Waals surface area contributed by atoms with E-state index in [-0.39, 0.29) is 6.04 Å². The van der Waals surface area contributed by atoms with Crippen LogP contribution in [-0.4, -0.2) is 0 Å². The summed E-state index contributed by atoms with van der Waals surface area (Å²) in [4.78, 5) is 0. The molecule has 1 nitrogen and oxygen atoms in total. The normalized spacial score (nSPS) is 12.7. The van der Waals surface area contributed by atoms with Crippen molar-refractivity contribution in [1.29, 1.82) is 0 Å². The van der Waals surface area contributed by atoms with Gasteiger partial charge in [0.2, 0.25) is 0 Å². The van der Waals surface area contributed by atoms with Gasteiger partial charge in [0, 0.05) is 6.04 Å². The molecule has 1 aromatic rings. The molecular formula is C17H29N. The van der Waals surface area contributed by atoms with Crippen LogP contribution in [0.15, 0.2) is 18.2 Å². The molecule has 1 aromatic carbocycles. The molecule has 18 heavy (non-hydrogen) atoms. The van der Waals surface area contributed by atoms with Gasteiger partial charge in [0.25, 0.3) is 0 Å². The average Bonchev–Trinajstić information content (AvgIpc) is 2.36. The SMILES string of the molecule is CCCCCCCCC(N)c1ccc(C)c(C)c1. The van der Waals surface area contributed by atoms with Gasteiger partial charge >= 0.3 is 0 Å². The molecule has 0 fully saturated rings. The van der Waals surface area contributed by atoms with Crippen LogP contribution in [0.1, 0.15) is 74.6 Å². The van der Waals surface area contributed by atoms with Gasteiger partial charge in [-0.1, -0.05) is 63.6 Å². The number of benzene rings is 1. The Morgan fingerprint density at radius 3 is 2.28 bits per heavy atom. The van der Waals surface area contributed by atoms with Gasteiger partial charge in [-0.3, -0.25) is 0 Å². The summed E-state index contributed by atoms with van der Waals surface area (Å²) in [6, 6.07) is 6.84. The second-order valence-corrected chi connectivity index (χ2v) is 5.51. The zero-order valence-corrected chi connectivity index (χ0v) is 12.3. The predicted molar refractivity (Wildman–Crippen MR) is 80.8 cm³/mol. The predicted octanol–water partition coefficient (Wildman–Crippen LogP) is 5.05. The Kier molecular flexibility index (Phi) is 7.04. The van der Waals surface area contributed by atoms with E-state index in [9.17, 15) is 0 Å². The van der Waals surface area contributed by atoms with E-state index >= 15 is 0 Å². The van der Waals surface area contributed by atoms with Crippen LogP contribution in [0.5, 0.6) is 0 Å². The molecule has 0 saturated heterocycles. The molecule has 0 heterocycles. The van der Waals surface area contributed by atoms with Gasteiger partial charge < -0.3 is 5.73 Å². The molecule has 0 aliphatic carbocycles. The molecular weight excluding hydrogens is 218 g/mol. The van der Waals surface area contributed by atoms with Crippen molar-refractivity contribution in [2.24, 2.45) is 5.73 Å². The van der Waals surface area contributed by atoms with Crippen LogP contribution in [0.3, 0.4) is 0 Å². The van der Waals surface area contributed by atoms with Gasteiger partial charge in [-0.15, -0.1) is 0 Å². The fourth-order valence-electron chi connectivity index (χ4n) is 2.31. The first-order chi connectivity index (χ1) is 8.65. The molecule has 0 bridgehead atoms. The topological polar surface area (TPSA) is 26.0 Å². The van der Waals surface area contributed by atoms with E-state index in [1.165, 1.54) is 55.2 Å². The third kappa shape index (κ3) is 5.22. The molecule has 1 heteroatoms. The Balaban J connectivity index is 2.27. The maximum atomic E-state index is 6.25. The van der Waals surface area contributed by atoms with Gasteiger partial charge in [0.05, 0.1) is 0 Å². The van der Waals surface area contributed by atoms with Crippen LogP contribution in [0.25, 0.3) is 0 Å². The number of unbranched alkanes of at least 4 members (excludes halogenated alkanes) is 5. The number of aryl methyl sites for hydroxylation is 2. The van der Waals surface area contributed by atoms with Gasteiger partial charge in [0.1, 0.15) is 0 Å². The molecule has 1 unspecified atom stereocenters. The Bertz CT molecular complexity index is 343. The van der Waals surface area contributed by atoms with Crippen molar-refractivity contribution in [2.45, 2.75) is 71.8 Å². The average molecular weight is 247 g/mol. The minimum absolute atomic E-state index is 0.218. The highest BCUT2D eigenvalue weighted by molar-refractivity contribution is 5.31. The summed E-state index contributed by atoms with van der Waals surface area (Å²) >= 11 is 0. The second kappa shape index (κ2) is 8.31. The maximum absolute atomic E-state index is 6.25. The van der Waals surface area contributed by atoms with Crippen LogP contribution in [-0.2, 0) is 0 Å². The van der Waals surface area contributed by atoms with Gasteiger partial charge in [-0.2, -0.15) is 0 Å². The van der Waals surface area contributed by atoms with Crippen molar-refractivity contribution in [2.75, 3.05) is 0 Å². The van der Waals surface area contributed by atoms with E-state index in [0.29, 0.717) is 0 Å². The number of hydrogen-bond donors (Lipinski definition) is 1. The zero-order valence-electron chi connectivity index (χ0n) is 12.3. The Morgan fingerprint density at radius 1 is 0.944 bits per heavy atom. The molecule has 0 aliphatic heterocycles. The van der Waals surface area contributed by atoms with E-state index in [0.717, 1.165) is 6.42 Å². The van der Waals surface area contributed by atoms with Crippen LogP contribution in [0.4, 0.5) is 0 Å². The fourth-order valence-corrected chi connectivity index (χ4v) is 2.31. The molecule has 1 atom stereocenters. The highest BCUT2D eigenvalue weighted by Gasteiger charge is 2.06. The lowest BCUT2D eigenvalue weighted by atomic mass is 9.97. The highest BCUT2D eigenvalue weighted by Crippen LogP contribution is 2.20. The summed E-state index contributed by atoms with van der Waals surface area (Å²) in [7, 11) is 0. The molecule has 1 rings (SSSR count). The van der Waals surface area contributed by atoms with Crippen LogP contribution in [0.2, 0.25) is 0 Å². The molecule has 0 saturated carbocycles. The van der Waals surface area contributed by atoms with Crippen molar-refractivity contribution in [1.82, 2.24) is 0 Å². The fraction of sp³-hybridized carbons (Fsp3) is 0.647. The summed E-state index contributed by atoms with van der Waals surface area (Å²) in [5.74, 6) is 0. The molecule has 2 N–H and O–H groups in total. The van der Waals surface area contributed by atoms with Gasteiger partial charge in [0.15, 0.2) is 0 Å². The zero-order chi connectivity index (χ0) is 13.4. The number of nitrogens with two attached hydrogens (primary N) is 1. The second-order valence-electron chi connectivity index (χ2n) is 5.51. The summed E-state index contributed by atoms with van der Waals surface area (Å²) < 4.78 is 0. The van der Waals surface area contributed by atoms with Crippen molar-refractivity contribution in [3.8, 4) is 0 Å². The number of hydrogen-bond acceptors (Lipinski definition) is 1. The first-order valence-corrected chi connectivity index (χ1v) is 7.48. The smallest absolute Gasteiger partial charge is 0.0294 e. The van der Waals surface area contributed by atoms with Crippen LogP contribution >= 0.6 is 0 Å². The quantitative estimate of drug-likeness (QED) is 0.639. The third-order valence-corrected chi connectivity index (χ3v) is 3.83. The van der Waals surface area contributed by atoms with E-state index in [4.69, 9.17) is 5.73 Å². The van der Waals surface area contributed by atoms with Crippen molar-refractivity contribution >= 4 is 0 Å².